The Bertz CT molecular complexity index is 430. The molecular weight excluding hydrogens is 399 g/mol. The molecule has 0 aromatic heterocycles. The lowest BCUT2D eigenvalue weighted by atomic mass is 10.1. The number of nitrogens with zero attached hydrogens (tertiary/aromatic N) is 2. The number of benzene rings is 1. The predicted molar refractivity (Wildman–Crippen MR) is 112 cm³/mol. The third kappa shape index (κ3) is 8.01. The van der Waals surface area contributed by atoms with E-state index in [1.165, 1.54) is 5.56 Å². The number of likely N-dealkylation sites (N-methyl/N-ethyl adjacent to an activating group) is 1. The van der Waals surface area contributed by atoms with Gasteiger partial charge in [0.2, 0.25) is 0 Å². The van der Waals surface area contributed by atoms with E-state index in [4.69, 9.17) is 4.99 Å². The summed E-state index contributed by atoms with van der Waals surface area (Å²) in [6, 6.07) is 11.4. The molecule has 23 heavy (non-hydrogen) atoms. The van der Waals surface area contributed by atoms with E-state index in [-0.39, 0.29) is 24.0 Å². The second-order valence-corrected chi connectivity index (χ2v) is 5.67. The van der Waals surface area contributed by atoms with Crippen molar-refractivity contribution in [3.8, 4) is 0 Å². The van der Waals surface area contributed by atoms with Crippen molar-refractivity contribution in [1.29, 1.82) is 0 Å². The molecule has 0 aliphatic rings. The summed E-state index contributed by atoms with van der Waals surface area (Å²) in [5.41, 5.74) is 1.33. The quantitative estimate of drug-likeness (QED) is 0.374. The number of hydrogen-bond donors (Lipinski definition) is 2. The molecule has 2 N–H and O–H groups in total. The van der Waals surface area contributed by atoms with Crippen LogP contribution < -0.4 is 10.6 Å². The van der Waals surface area contributed by atoms with Crippen LogP contribution in [0.2, 0.25) is 0 Å². The van der Waals surface area contributed by atoms with Gasteiger partial charge in [0.25, 0.3) is 0 Å². The van der Waals surface area contributed by atoms with Crippen LogP contribution in [0.1, 0.15) is 46.2 Å². The van der Waals surface area contributed by atoms with Crippen molar-refractivity contribution in [3.63, 3.8) is 0 Å². The second-order valence-electron chi connectivity index (χ2n) is 5.67. The van der Waals surface area contributed by atoms with E-state index in [9.17, 15) is 0 Å². The highest BCUT2D eigenvalue weighted by Crippen LogP contribution is 2.20. The molecule has 0 radical (unpaired) electrons. The molecule has 132 valence electrons. The first-order valence-electron chi connectivity index (χ1n) is 8.46. The average molecular weight is 432 g/mol. The average Bonchev–Trinajstić information content (AvgIpc) is 2.51. The third-order valence-corrected chi connectivity index (χ3v) is 3.63. The zero-order valence-electron chi connectivity index (χ0n) is 15.2. The normalized spacial score (nSPS) is 12.9. The third-order valence-electron chi connectivity index (χ3n) is 3.63. The topological polar surface area (TPSA) is 39.7 Å². The summed E-state index contributed by atoms with van der Waals surface area (Å²) in [5.74, 6) is 0.894. The fourth-order valence-corrected chi connectivity index (χ4v) is 2.54. The lowest BCUT2D eigenvalue weighted by Crippen LogP contribution is -2.41. The summed E-state index contributed by atoms with van der Waals surface area (Å²) in [5, 5.41) is 6.70. The Morgan fingerprint density at radius 1 is 1.09 bits per heavy atom. The van der Waals surface area contributed by atoms with Crippen LogP contribution in [0.5, 0.6) is 0 Å². The maximum Gasteiger partial charge on any atom is 0.191 e. The summed E-state index contributed by atoms with van der Waals surface area (Å²) in [7, 11) is 0. The fraction of sp³-hybridized carbons (Fsp3) is 0.611. The number of aliphatic imine (C=N–C) groups is 1. The van der Waals surface area contributed by atoms with Gasteiger partial charge in [-0.3, -0.25) is 9.89 Å². The van der Waals surface area contributed by atoms with Crippen LogP contribution >= 0.6 is 24.0 Å². The van der Waals surface area contributed by atoms with E-state index in [1.807, 2.05) is 0 Å². The van der Waals surface area contributed by atoms with Crippen LogP contribution in [-0.2, 0) is 0 Å². The maximum absolute atomic E-state index is 4.80. The maximum atomic E-state index is 4.80. The van der Waals surface area contributed by atoms with Crippen molar-refractivity contribution in [2.45, 2.75) is 46.7 Å². The minimum absolute atomic E-state index is 0. The number of guanidine groups is 1. The predicted octanol–water partition coefficient (Wildman–Crippen LogP) is 3.65. The minimum Gasteiger partial charge on any atom is -0.357 e. The van der Waals surface area contributed by atoms with Gasteiger partial charge in [-0.25, -0.2) is 0 Å². The van der Waals surface area contributed by atoms with Crippen molar-refractivity contribution in [1.82, 2.24) is 15.5 Å². The second kappa shape index (κ2) is 12.6. The van der Waals surface area contributed by atoms with Crippen molar-refractivity contribution < 1.29 is 0 Å². The molecule has 0 saturated carbocycles. The van der Waals surface area contributed by atoms with Gasteiger partial charge in [-0.05, 0) is 39.4 Å². The lowest BCUT2D eigenvalue weighted by Gasteiger charge is -2.29. The first-order valence-corrected chi connectivity index (χ1v) is 8.46. The Kier molecular flexibility index (Phi) is 12.1. The first-order chi connectivity index (χ1) is 10.6. The van der Waals surface area contributed by atoms with Crippen LogP contribution in [0.4, 0.5) is 0 Å². The van der Waals surface area contributed by atoms with Gasteiger partial charge in [-0.1, -0.05) is 44.2 Å². The largest absolute Gasteiger partial charge is 0.357 e. The number of halogens is 1. The molecule has 0 spiro atoms. The molecule has 5 heteroatoms. The summed E-state index contributed by atoms with van der Waals surface area (Å²) in [6.07, 6.45) is 0. The van der Waals surface area contributed by atoms with Crippen LogP contribution in [0.25, 0.3) is 0 Å². The Hall–Kier alpha value is -0.820. The highest BCUT2D eigenvalue weighted by atomic mass is 127. The molecule has 1 rings (SSSR count). The SMILES string of the molecule is CCNC(=NCC(c1ccccc1)N(CC)CC)NC(C)C.I. The molecule has 1 unspecified atom stereocenters. The molecule has 1 aromatic carbocycles. The van der Waals surface area contributed by atoms with Crippen LogP contribution in [0, 0.1) is 0 Å². The van der Waals surface area contributed by atoms with Crippen LogP contribution in [0.3, 0.4) is 0 Å². The molecule has 1 atom stereocenters. The van der Waals surface area contributed by atoms with E-state index >= 15 is 0 Å². The molecule has 0 aliphatic carbocycles. The molecule has 0 aliphatic heterocycles. The molecule has 0 saturated heterocycles. The van der Waals surface area contributed by atoms with Gasteiger partial charge in [0.05, 0.1) is 12.6 Å². The van der Waals surface area contributed by atoms with Crippen molar-refractivity contribution in [2.75, 3.05) is 26.2 Å². The van der Waals surface area contributed by atoms with Crippen molar-refractivity contribution in [3.05, 3.63) is 35.9 Å². The van der Waals surface area contributed by atoms with E-state index in [1.54, 1.807) is 0 Å². The Balaban J connectivity index is 0.00000484. The van der Waals surface area contributed by atoms with E-state index in [0.717, 1.165) is 32.1 Å². The van der Waals surface area contributed by atoms with Gasteiger partial charge in [-0.2, -0.15) is 0 Å². The Morgan fingerprint density at radius 2 is 1.70 bits per heavy atom. The van der Waals surface area contributed by atoms with E-state index in [0.29, 0.717) is 12.1 Å². The molecular formula is C18H33IN4. The first kappa shape index (κ1) is 22.2. The highest BCUT2D eigenvalue weighted by molar-refractivity contribution is 14.0. The van der Waals surface area contributed by atoms with Crippen molar-refractivity contribution >= 4 is 29.9 Å². The molecule has 0 fully saturated rings. The number of hydrogen-bond acceptors (Lipinski definition) is 2. The van der Waals surface area contributed by atoms with Gasteiger partial charge < -0.3 is 10.6 Å². The highest BCUT2D eigenvalue weighted by Gasteiger charge is 2.17. The van der Waals surface area contributed by atoms with Gasteiger partial charge in [0, 0.05) is 12.6 Å². The van der Waals surface area contributed by atoms with E-state index < -0.39 is 0 Å². The Labute approximate surface area is 159 Å². The summed E-state index contributed by atoms with van der Waals surface area (Å²) >= 11 is 0. The van der Waals surface area contributed by atoms with Gasteiger partial charge >= 0.3 is 0 Å². The van der Waals surface area contributed by atoms with Crippen molar-refractivity contribution in [2.24, 2.45) is 4.99 Å². The lowest BCUT2D eigenvalue weighted by molar-refractivity contribution is 0.224. The molecule has 1 aromatic rings. The van der Waals surface area contributed by atoms with E-state index in [2.05, 4.69) is 80.5 Å². The standard InChI is InChI=1S/C18H32N4.HI/c1-6-19-18(21-15(4)5)20-14-17(22(7-2)8-3)16-12-10-9-11-13-16;/h9-13,15,17H,6-8,14H2,1-5H3,(H2,19,20,21);1H. The molecule has 0 heterocycles. The summed E-state index contributed by atoms with van der Waals surface area (Å²) in [6.45, 7) is 14.5. The van der Waals surface area contributed by atoms with Crippen LogP contribution in [-0.4, -0.2) is 43.1 Å². The van der Waals surface area contributed by atoms with Crippen LogP contribution in [0.15, 0.2) is 35.3 Å². The van der Waals surface area contributed by atoms with Gasteiger partial charge in [0.1, 0.15) is 0 Å². The molecule has 0 amide bonds. The monoisotopic (exact) mass is 432 g/mol. The zero-order chi connectivity index (χ0) is 16.4. The smallest absolute Gasteiger partial charge is 0.191 e. The fourth-order valence-electron chi connectivity index (χ4n) is 2.54. The molecule has 0 bridgehead atoms. The Morgan fingerprint density at radius 3 is 2.17 bits per heavy atom. The number of nitrogens with one attached hydrogen (secondary N) is 2. The summed E-state index contributed by atoms with van der Waals surface area (Å²) in [4.78, 5) is 7.26. The zero-order valence-corrected chi connectivity index (χ0v) is 17.5. The number of rotatable bonds is 8. The van der Waals surface area contributed by atoms with Gasteiger partial charge in [0.15, 0.2) is 5.96 Å². The van der Waals surface area contributed by atoms with Gasteiger partial charge in [-0.15, -0.1) is 24.0 Å². The summed E-state index contributed by atoms with van der Waals surface area (Å²) < 4.78 is 0. The molecule has 4 nitrogen and oxygen atoms in total. The minimum atomic E-state index is 0.